The number of hydrazone groups is 1. The van der Waals surface area contributed by atoms with Gasteiger partial charge in [0.2, 0.25) is 0 Å². The van der Waals surface area contributed by atoms with Crippen LogP contribution in [0, 0.1) is 6.92 Å². The molecule has 0 saturated heterocycles. The van der Waals surface area contributed by atoms with Crippen molar-refractivity contribution in [1.29, 1.82) is 0 Å². The Kier molecular flexibility index (Phi) is 4.33. The number of aryl methyl sites for hydroxylation is 1. The SMILES string of the molecule is Cc1cccc2c1[nH]c1nc(N/N=C/c3cc(Br)cc(Br)c3O)nnc12. The molecule has 130 valence electrons. The standard InChI is InChI=1S/C17H12Br2N6O/c1-8-3-2-4-11-13(8)21-16-14(11)23-25-17(22-16)24-20-7-9-5-10(18)6-12(19)15(9)26/h2-7,26H,1H3,(H2,21,22,24,25)/b20-7+. The summed E-state index contributed by atoms with van der Waals surface area (Å²) in [4.78, 5) is 7.67. The molecule has 0 bridgehead atoms. The van der Waals surface area contributed by atoms with Gasteiger partial charge in [-0.3, -0.25) is 0 Å². The van der Waals surface area contributed by atoms with Crippen LogP contribution < -0.4 is 5.43 Å². The molecule has 0 fully saturated rings. The molecule has 0 atom stereocenters. The molecular weight excluding hydrogens is 464 g/mol. The maximum atomic E-state index is 10.0. The average molecular weight is 476 g/mol. The Morgan fingerprint density at radius 2 is 2.08 bits per heavy atom. The van der Waals surface area contributed by atoms with Gasteiger partial charge in [-0.15, -0.1) is 10.2 Å². The third kappa shape index (κ3) is 3.04. The van der Waals surface area contributed by atoms with Gasteiger partial charge in [-0.2, -0.15) is 10.1 Å². The van der Waals surface area contributed by atoms with E-state index >= 15 is 0 Å². The van der Waals surface area contributed by atoms with Gasteiger partial charge in [0.25, 0.3) is 5.95 Å². The predicted molar refractivity (Wildman–Crippen MR) is 109 cm³/mol. The van der Waals surface area contributed by atoms with Gasteiger partial charge in [0.05, 0.1) is 16.2 Å². The first-order chi connectivity index (χ1) is 12.5. The molecule has 2 aromatic carbocycles. The zero-order valence-electron chi connectivity index (χ0n) is 13.5. The number of hydrogen-bond acceptors (Lipinski definition) is 6. The molecule has 0 aliphatic heterocycles. The lowest BCUT2D eigenvalue weighted by Gasteiger charge is -2.03. The van der Waals surface area contributed by atoms with E-state index in [0.29, 0.717) is 21.2 Å². The van der Waals surface area contributed by atoms with Gasteiger partial charge in [0, 0.05) is 15.4 Å². The fraction of sp³-hybridized carbons (Fsp3) is 0.0588. The Labute approximate surface area is 164 Å². The largest absolute Gasteiger partial charge is 0.506 e. The summed E-state index contributed by atoms with van der Waals surface area (Å²) in [6, 6.07) is 9.48. The molecule has 4 rings (SSSR count). The van der Waals surface area contributed by atoms with Gasteiger partial charge in [-0.05, 0) is 40.5 Å². The van der Waals surface area contributed by atoms with Crippen LogP contribution in [0.15, 0.2) is 44.4 Å². The minimum atomic E-state index is 0.0966. The average Bonchev–Trinajstić information content (AvgIpc) is 2.98. The third-order valence-corrected chi connectivity index (χ3v) is 4.95. The number of fused-ring (bicyclic) bond motifs is 3. The van der Waals surface area contributed by atoms with Crippen LogP contribution in [0.25, 0.3) is 22.1 Å². The van der Waals surface area contributed by atoms with Gasteiger partial charge < -0.3 is 10.1 Å². The zero-order valence-corrected chi connectivity index (χ0v) is 16.6. The van der Waals surface area contributed by atoms with E-state index in [-0.39, 0.29) is 11.7 Å². The minimum Gasteiger partial charge on any atom is -0.506 e. The van der Waals surface area contributed by atoms with E-state index in [1.54, 1.807) is 12.1 Å². The Morgan fingerprint density at radius 1 is 1.23 bits per heavy atom. The quantitative estimate of drug-likeness (QED) is 0.299. The Balaban J connectivity index is 1.64. The summed E-state index contributed by atoms with van der Waals surface area (Å²) in [5.41, 5.74) is 6.73. The van der Waals surface area contributed by atoms with Crippen molar-refractivity contribution in [1.82, 2.24) is 20.2 Å². The lowest BCUT2D eigenvalue weighted by Crippen LogP contribution is -1.99. The van der Waals surface area contributed by atoms with Crippen molar-refractivity contribution in [3.05, 3.63) is 50.4 Å². The Morgan fingerprint density at radius 3 is 2.92 bits per heavy atom. The van der Waals surface area contributed by atoms with Crippen LogP contribution in [0.1, 0.15) is 11.1 Å². The summed E-state index contributed by atoms with van der Waals surface area (Å²) in [6.07, 6.45) is 1.48. The van der Waals surface area contributed by atoms with Gasteiger partial charge in [-0.1, -0.05) is 34.1 Å². The number of aromatic amines is 1. The van der Waals surface area contributed by atoms with Crippen LogP contribution in [0.5, 0.6) is 5.75 Å². The van der Waals surface area contributed by atoms with E-state index in [4.69, 9.17) is 0 Å². The van der Waals surface area contributed by atoms with Gasteiger partial charge in [0.15, 0.2) is 5.65 Å². The molecule has 26 heavy (non-hydrogen) atoms. The second-order valence-corrected chi connectivity index (χ2v) is 7.42. The fourth-order valence-electron chi connectivity index (χ4n) is 2.64. The van der Waals surface area contributed by atoms with Crippen LogP contribution in [0.4, 0.5) is 5.95 Å². The predicted octanol–water partition coefficient (Wildman–Crippen LogP) is 4.49. The monoisotopic (exact) mass is 474 g/mol. The lowest BCUT2D eigenvalue weighted by atomic mass is 10.1. The molecule has 7 nitrogen and oxygen atoms in total. The van der Waals surface area contributed by atoms with Crippen molar-refractivity contribution in [3.63, 3.8) is 0 Å². The fourth-order valence-corrected chi connectivity index (χ4v) is 3.89. The minimum absolute atomic E-state index is 0.0966. The number of halogens is 2. The molecule has 9 heteroatoms. The number of aromatic nitrogens is 4. The molecule has 0 saturated carbocycles. The number of phenols is 1. The summed E-state index contributed by atoms with van der Waals surface area (Å²) in [7, 11) is 0. The Bertz CT molecular complexity index is 1170. The van der Waals surface area contributed by atoms with Crippen molar-refractivity contribution in [2.75, 3.05) is 5.43 Å². The second-order valence-electron chi connectivity index (χ2n) is 5.65. The highest BCUT2D eigenvalue weighted by Crippen LogP contribution is 2.30. The lowest BCUT2D eigenvalue weighted by molar-refractivity contribution is 0.471. The van der Waals surface area contributed by atoms with Crippen molar-refractivity contribution in [2.24, 2.45) is 5.10 Å². The molecule has 4 aromatic rings. The van der Waals surface area contributed by atoms with Gasteiger partial charge in [-0.25, -0.2) is 5.43 Å². The van der Waals surface area contributed by atoms with E-state index < -0.39 is 0 Å². The van der Waals surface area contributed by atoms with Crippen LogP contribution in [0.2, 0.25) is 0 Å². The molecule has 2 heterocycles. The maximum absolute atomic E-state index is 10.0. The van der Waals surface area contributed by atoms with Crippen LogP contribution in [0.3, 0.4) is 0 Å². The molecule has 0 unspecified atom stereocenters. The number of benzene rings is 2. The topological polar surface area (TPSA) is 99.1 Å². The smallest absolute Gasteiger partial charge is 0.265 e. The van der Waals surface area contributed by atoms with E-state index in [1.807, 2.05) is 25.1 Å². The number of para-hydroxylation sites is 1. The van der Waals surface area contributed by atoms with Crippen molar-refractivity contribution in [2.45, 2.75) is 6.92 Å². The van der Waals surface area contributed by atoms with Crippen molar-refractivity contribution < 1.29 is 5.11 Å². The molecule has 2 aromatic heterocycles. The number of nitrogens with zero attached hydrogens (tertiary/aromatic N) is 4. The normalized spacial score (nSPS) is 11.7. The molecule has 0 spiro atoms. The third-order valence-electron chi connectivity index (χ3n) is 3.88. The van der Waals surface area contributed by atoms with E-state index in [1.165, 1.54) is 6.21 Å². The van der Waals surface area contributed by atoms with E-state index in [2.05, 4.69) is 62.6 Å². The summed E-state index contributed by atoms with van der Waals surface area (Å²) in [5.74, 6) is 0.353. The number of H-pyrrole nitrogens is 1. The highest BCUT2D eigenvalue weighted by molar-refractivity contribution is 9.11. The first-order valence-corrected chi connectivity index (χ1v) is 9.20. The highest BCUT2D eigenvalue weighted by Gasteiger charge is 2.10. The first-order valence-electron chi connectivity index (χ1n) is 7.62. The number of phenolic OH excluding ortho intramolecular Hbond substituents is 1. The first kappa shape index (κ1) is 16.9. The number of rotatable bonds is 3. The number of nitrogens with one attached hydrogen (secondary N) is 2. The van der Waals surface area contributed by atoms with Crippen LogP contribution in [-0.2, 0) is 0 Å². The molecular formula is C17H12Br2N6O. The van der Waals surface area contributed by atoms with E-state index in [9.17, 15) is 5.11 Å². The van der Waals surface area contributed by atoms with E-state index in [0.717, 1.165) is 20.9 Å². The molecule has 0 radical (unpaired) electrons. The maximum Gasteiger partial charge on any atom is 0.265 e. The molecule has 0 amide bonds. The number of anilines is 1. The molecule has 0 aliphatic carbocycles. The molecule has 3 N–H and O–H groups in total. The van der Waals surface area contributed by atoms with Gasteiger partial charge in [0.1, 0.15) is 11.3 Å². The van der Waals surface area contributed by atoms with Crippen molar-refractivity contribution >= 4 is 66.1 Å². The summed E-state index contributed by atoms with van der Waals surface area (Å²) in [5, 5.41) is 23.4. The van der Waals surface area contributed by atoms with Gasteiger partial charge >= 0.3 is 0 Å². The van der Waals surface area contributed by atoms with Crippen LogP contribution in [-0.4, -0.2) is 31.5 Å². The number of aromatic hydroxyl groups is 1. The summed E-state index contributed by atoms with van der Waals surface area (Å²) in [6.45, 7) is 2.02. The highest BCUT2D eigenvalue weighted by atomic mass is 79.9. The van der Waals surface area contributed by atoms with Crippen molar-refractivity contribution in [3.8, 4) is 5.75 Å². The summed E-state index contributed by atoms with van der Waals surface area (Å²) < 4.78 is 1.39. The number of hydrogen-bond donors (Lipinski definition) is 3. The Hall–Kier alpha value is -2.52. The zero-order chi connectivity index (χ0) is 18.3. The van der Waals surface area contributed by atoms with Crippen LogP contribution >= 0.6 is 31.9 Å². The summed E-state index contributed by atoms with van der Waals surface area (Å²) >= 11 is 6.65. The second kappa shape index (κ2) is 6.65. The molecule has 0 aliphatic rings.